The van der Waals surface area contributed by atoms with Crippen LogP contribution in [0.4, 0.5) is 0 Å². The van der Waals surface area contributed by atoms with Crippen molar-refractivity contribution in [3.05, 3.63) is 0 Å². The van der Waals surface area contributed by atoms with E-state index >= 15 is 0 Å². The van der Waals surface area contributed by atoms with E-state index < -0.39 is 5.97 Å². The number of carboxylic acids is 1. The number of nitrogens with zero attached hydrogens (tertiary/aromatic N) is 1. The second kappa shape index (κ2) is 5.36. The molecular weight excluding hydrogens is 218 g/mol. The predicted molar refractivity (Wildman–Crippen MR) is 64.7 cm³/mol. The predicted octanol–water partition coefficient (Wildman–Crippen LogP) is 1.33. The molecule has 1 aliphatic carbocycles. The molecule has 0 bridgehead atoms. The minimum absolute atomic E-state index is 0.124. The van der Waals surface area contributed by atoms with E-state index in [2.05, 4.69) is 4.90 Å². The maximum atomic E-state index is 10.9. The number of likely N-dealkylation sites (tertiary alicyclic amines) is 1. The first-order chi connectivity index (χ1) is 8.08. The Labute approximate surface area is 103 Å². The van der Waals surface area contributed by atoms with Crippen LogP contribution in [0.2, 0.25) is 0 Å². The fourth-order valence-corrected chi connectivity index (χ4v) is 3.23. The number of carbonyl (C=O) groups is 1. The van der Waals surface area contributed by atoms with Crippen LogP contribution < -0.4 is 0 Å². The van der Waals surface area contributed by atoms with Crippen LogP contribution in [0.25, 0.3) is 0 Å². The highest BCUT2D eigenvalue weighted by Crippen LogP contribution is 2.31. The third-order valence-electron chi connectivity index (χ3n) is 4.50. The molecule has 1 saturated carbocycles. The van der Waals surface area contributed by atoms with Gasteiger partial charge in [-0.3, -0.25) is 4.79 Å². The van der Waals surface area contributed by atoms with Crippen molar-refractivity contribution in [1.29, 1.82) is 0 Å². The largest absolute Gasteiger partial charge is 0.481 e. The van der Waals surface area contributed by atoms with E-state index in [0.717, 1.165) is 45.2 Å². The lowest BCUT2D eigenvalue weighted by atomic mass is 9.85. The molecule has 0 spiro atoms. The number of aliphatic hydroxyl groups is 1. The van der Waals surface area contributed by atoms with Crippen molar-refractivity contribution in [3.63, 3.8) is 0 Å². The van der Waals surface area contributed by atoms with Gasteiger partial charge in [0.05, 0.1) is 12.0 Å². The highest BCUT2D eigenvalue weighted by Gasteiger charge is 2.34. The summed E-state index contributed by atoms with van der Waals surface area (Å²) in [5, 5.41) is 18.5. The molecule has 2 rings (SSSR count). The third kappa shape index (κ3) is 2.99. The first-order valence-electron chi connectivity index (χ1n) is 6.73. The van der Waals surface area contributed by atoms with Crippen molar-refractivity contribution in [3.8, 4) is 0 Å². The minimum atomic E-state index is -0.633. The van der Waals surface area contributed by atoms with Crippen molar-refractivity contribution in [1.82, 2.24) is 4.90 Å². The first kappa shape index (κ1) is 12.8. The Morgan fingerprint density at radius 2 is 1.88 bits per heavy atom. The van der Waals surface area contributed by atoms with Crippen LogP contribution in [0.3, 0.4) is 0 Å². The summed E-state index contributed by atoms with van der Waals surface area (Å²) < 4.78 is 0. The van der Waals surface area contributed by atoms with Gasteiger partial charge in [0, 0.05) is 12.6 Å². The lowest BCUT2D eigenvalue weighted by molar-refractivity contribution is -0.143. The Hall–Kier alpha value is -0.610. The van der Waals surface area contributed by atoms with Crippen molar-refractivity contribution < 1.29 is 15.0 Å². The number of hydrogen-bond acceptors (Lipinski definition) is 3. The lowest BCUT2D eigenvalue weighted by Crippen LogP contribution is -2.38. The highest BCUT2D eigenvalue weighted by atomic mass is 16.4. The molecule has 2 aliphatic rings. The van der Waals surface area contributed by atoms with Crippen molar-refractivity contribution in [2.24, 2.45) is 11.8 Å². The SMILES string of the molecule is C[C@H](O)[C@H]1CCN(C2CCC(C(=O)O)CC2)C1. The van der Waals surface area contributed by atoms with Gasteiger partial charge in [0.15, 0.2) is 0 Å². The molecule has 98 valence electrons. The molecule has 0 aromatic carbocycles. The Morgan fingerprint density at radius 3 is 2.35 bits per heavy atom. The fraction of sp³-hybridized carbons (Fsp3) is 0.923. The first-order valence-corrected chi connectivity index (χ1v) is 6.73. The average molecular weight is 241 g/mol. The number of carboxylic acid groups (broad SMARTS) is 1. The van der Waals surface area contributed by atoms with Gasteiger partial charge in [-0.2, -0.15) is 0 Å². The molecule has 17 heavy (non-hydrogen) atoms. The molecule has 2 atom stereocenters. The van der Waals surface area contributed by atoms with Gasteiger partial charge >= 0.3 is 5.97 Å². The summed E-state index contributed by atoms with van der Waals surface area (Å²) in [5.41, 5.74) is 0. The number of rotatable bonds is 3. The highest BCUT2D eigenvalue weighted by molar-refractivity contribution is 5.70. The van der Waals surface area contributed by atoms with Gasteiger partial charge in [0.1, 0.15) is 0 Å². The maximum absolute atomic E-state index is 10.9. The van der Waals surface area contributed by atoms with Crippen molar-refractivity contribution in [2.75, 3.05) is 13.1 Å². The molecule has 0 radical (unpaired) electrons. The quantitative estimate of drug-likeness (QED) is 0.782. The second-order valence-electron chi connectivity index (χ2n) is 5.63. The van der Waals surface area contributed by atoms with Crippen LogP contribution >= 0.6 is 0 Å². The van der Waals surface area contributed by atoms with Crippen molar-refractivity contribution >= 4 is 5.97 Å². The number of aliphatic hydroxyl groups excluding tert-OH is 1. The average Bonchev–Trinajstić information content (AvgIpc) is 2.78. The summed E-state index contributed by atoms with van der Waals surface area (Å²) in [5.74, 6) is -0.347. The molecule has 1 aliphatic heterocycles. The summed E-state index contributed by atoms with van der Waals surface area (Å²) in [6.45, 7) is 3.92. The molecule has 0 amide bonds. The Kier molecular flexibility index (Phi) is 4.05. The smallest absolute Gasteiger partial charge is 0.306 e. The monoisotopic (exact) mass is 241 g/mol. The van der Waals surface area contributed by atoms with Crippen LogP contribution in [0.1, 0.15) is 39.0 Å². The Bertz CT molecular complexity index is 272. The van der Waals surface area contributed by atoms with Gasteiger partial charge in [0.2, 0.25) is 0 Å². The third-order valence-corrected chi connectivity index (χ3v) is 4.50. The standard InChI is InChI=1S/C13H23NO3/c1-9(15)11-6-7-14(8-11)12-4-2-10(3-5-12)13(16)17/h9-12,15H,2-8H2,1H3,(H,16,17)/t9-,10?,11-,12?/m0/s1. The van der Waals surface area contributed by atoms with Gasteiger partial charge in [-0.25, -0.2) is 0 Å². The summed E-state index contributed by atoms with van der Waals surface area (Å²) in [4.78, 5) is 13.3. The maximum Gasteiger partial charge on any atom is 0.306 e. The zero-order valence-corrected chi connectivity index (χ0v) is 10.5. The fourth-order valence-electron chi connectivity index (χ4n) is 3.23. The summed E-state index contributed by atoms with van der Waals surface area (Å²) in [7, 11) is 0. The minimum Gasteiger partial charge on any atom is -0.481 e. The molecule has 4 heteroatoms. The van der Waals surface area contributed by atoms with Gasteiger partial charge in [-0.1, -0.05) is 0 Å². The second-order valence-corrected chi connectivity index (χ2v) is 5.63. The van der Waals surface area contributed by atoms with Gasteiger partial charge in [-0.05, 0) is 51.5 Å². The normalized spacial score (nSPS) is 36.9. The molecule has 0 aromatic heterocycles. The molecule has 2 fully saturated rings. The summed E-state index contributed by atoms with van der Waals surface area (Å²) in [6.07, 6.45) is 4.50. The van der Waals surface area contributed by atoms with E-state index in [1.165, 1.54) is 0 Å². The molecule has 4 nitrogen and oxygen atoms in total. The van der Waals surface area contributed by atoms with E-state index in [1.807, 2.05) is 6.92 Å². The van der Waals surface area contributed by atoms with E-state index in [4.69, 9.17) is 5.11 Å². The zero-order valence-electron chi connectivity index (χ0n) is 10.5. The number of aliphatic carboxylic acids is 1. The zero-order chi connectivity index (χ0) is 12.4. The van der Waals surface area contributed by atoms with E-state index in [1.54, 1.807) is 0 Å². The number of hydrogen-bond donors (Lipinski definition) is 2. The molecule has 2 N–H and O–H groups in total. The summed E-state index contributed by atoms with van der Waals surface area (Å²) in [6, 6.07) is 0.550. The Morgan fingerprint density at radius 1 is 1.24 bits per heavy atom. The van der Waals surface area contributed by atoms with Crippen LogP contribution in [0.15, 0.2) is 0 Å². The molecule has 0 aromatic rings. The van der Waals surface area contributed by atoms with Crippen LogP contribution in [-0.4, -0.2) is 46.3 Å². The summed E-state index contributed by atoms with van der Waals surface area (Å²) >= 11 is 0. The molecule has 1 heterocycles. The van der Waals surface area contributed by atoms with E-state index in [9.17, 15) is 9.90 Å². The molecule has 0 unspecified atom stereocenters. The van der Waals surface area contributed by atoms with Gasteiger partial charge < -0.3 is 15.1 Å². The van der Waals surface area contributed by atoms with E-state index in [0.29, 0.717) is 12.0 Å². The molecular formula is C13H23NO3. The van der Waals surface area contributed by atoms with Gasteiger partial charge in [0.25, 0.3) is 0 Å². The van der Waals surface area contributed by atoms with Crippen LogP contribution in [0, 0.1) is 11.8 Å². The van der Waals surface area contributed by atoms with Crippen molar-refractivity contribution in [2.45, 2.75) is 51.2 Å². The van der Waals surface area contributed by atoms with Gasteiger partial charge in [-0.15, -0.1) is 0 Å². The topological polar surface area (TPSA) is 60.8 Å². The Balaban J connectivity index is 1.80. The van der Waals surface area contributed by atoms with Crippen LogP contribution in [0.5, 0.6) is 0 Å². The van der Waals surface area contributed by atoms with Crippen LogP contribution in [-0.2, 0) is 4.79 Å². The molecule has 1 saturated heterocycles. The van der Waals surface area contributed by atoms with E-state index in [-0.39, 0.29) is 12.0 Å². The lowest BCUT2D eigenvalue weighted by Gasteiger charge is -2.33.